The van der Waals surface area contributed by atoms with Gasteiger partial charge in [-0.25, -0.2) is 4.39 Å². The van der Waals surface area contributed by atoms with Crippen molar-refractivity contribution in [3.63, 3.8) is 0 Å². The molecule has 0 unspecified atom stereocenters. The van der Waals surface area contributed by atoms with E-state index < -0.39 is 17.5 Å². The smallest absolute Gasteiger partial charge is 0.259 e. The van der Waals surface area contributed by atoms with Crippen molar-refractivity contribution in [3.05, 3.63) is 53.8 Å². The van der Waals surface area contributed by atoms with Crippen LogP contribution in [-0.2, 0) is 0 Å². The van der Waals surface area contributed by atoms with Crippen LogP contribution in [0.5, 0.6) is 5.75 Å². The number of hydrogen-bond acceptors (Lipinski definition) is 8. The van der Waals surface area contributed by atoms with Crippen LogP contribution in [0, 0.1) is 5.82 Å². The first-order chi connectivity index (χ1) is 17.5. The molecule has 0 atom stereocenters. The van der Waals surface area contributed by atoms with Gasteiger partial charge in [-0.3, -0.25) is 4.79 Å². The molecule has 3 aromatic rings. The molecule has 0 aliphatic carbocycles. The average molecular weight is 492 g/mol. The number of phenols is 1. The maximum atomic E-state index is 13.2. The van der Waals surface area contributed by atoms with E-state index in [2.05, 4.69) is 20.4 Å². The lowest BCUT2D eigenvalue weighted by atomic mass is 10.1. The number of carbonyl (C=O) groups is 1. The highest BCUT2D eigenvalue weighted by molar-refractivity contribution is 6.06. The second-order valence-corrected chi connectivity index (χ2v) is 9.17. The third-order valence-electron chi connectivity index (χ3n) is 6.49. The van der Waals surface area contributed by atoms with Crippen molar-refractivity contribution >= 4 is 35.1 Å². The molecule has 1 aromatic heterocycles. The first kappa shape index (κ1) is 23.8. The molecule has 3 heterocycles. The number of halogens is 1. The lowest BCUT2D eigenvalue weighted by Gasteiger charge is -2.30. The zero-order valence-electron chi connectivity index (χ0n) is 20.1. The van der Waals surface area contributed by atoms with Gasteiger partial charge in [0.25, 0.3) is 5.91 Å². The maximum absolute atomic E-state index is 13.2. The molecule has 2 aromatic carbocycles. The van der Waals surface area contributed by atoms with Crippen LogP contribution in [0.1, 0.15) is 48.9 Å². The molecule has 2 aliphatic heterocycles. The summed E-state index contributed by atoms with van der Waals surface area (Å²) in [6, 6.07) is 10.4. The van der Waals surface area contributed by atoms with Crippen molar-refractivity contribution in [1.82, 2.24) is 15.0 Å². The molecule has 188 valence electrons. The lowest BCUT2D eigenvalue weighted by Crippen LogP contribution is -2.34. The largest absolute Gasteiger partial charge is 0.507 e. The molecule has 2 aliphatic rings. The Kier molecular flexibility index (Phi) is 7.11. The molecule has 10 heteroatoms. The number of nitrogens with one attached hydrogen (secondary N) is 2. The topological polar surface area (TPSA) is 107 Å². The summed E-state index contributed by atoms with van der Waals surface area (Å²) in [7, 11) is 0. The van der Waals surface area contributed by atoms with Crippen molar-refractivity contribution in [2.45, 2.75) is 38.5 Å². The Morgan fingerprint density at radius 1 is 0.778 bits per heavy atom. The summed E-state index contributed by atoms with van der Waals surface area (Å²) in [5, 5.41) is 15.8. The van der Waals surface area contributed by atoms with Gasteiger partial charge >= 0.3 is 0 Å². The van der Waals surface area contributed by atoms with Gasteiger partial charge in [0.2, 0.25) is 17.8 Å². The summed E-state index contributed by atoms with van der Waals surface area (Å²) in [5.74, 6) is 0.355. The predicted molar refractivity (Wildman–Crippen MR) is 138 cm³/mol. The molecular weight excluding hydrogens is 461 g/mol. The van der Waals surface area contributed by atoms with Crippen LogP contribution in [-0.4, -0.2) is 52.1 Å². The van der Waals surface area contributed by atoms with Crippen molar-refractivity contribution < 1.29 is 14.3 Å². The van der Waals surface area contributed by atoms with E-state index in [1.165, 1.54) is 18.9 Å². The monoisotopic (exact) mass is 491 g/mol. The fraction of sp³-hybridized carbons (Fsp3) is 0.385. The highest BCUT2D eigenvalue weighted by atomic mass is 19.1. The Hall–Kier alpha value is -3.95. The van der Waals surface area contributed by atoms with Gasteiger partial charge in [-0.1, -0.05) is 0 Å². The number of phenolic OH excluding ortho intramolecular Hbond substituents is 1. The van der Waals surface area contributed by atoms with E-state index in [1.807, 2.05) is 12.1 Å². The number of benzene rings is 2. The van der Waals surface area contributed by atoms with E-state index in [-0.39, 0.29) is 5.56 Å². The molecule has 3 N–H and O–H groups in total. The summed E-state index contributed by atoms with van der Waals surface area (Å²) in [5.41, 5.74) is 1.30. The van der Waals surface area contributed by atoms with Crippen LogP contribution in [0.25, 0.3) is 0 Å². The van der Waals surface area contributed by atoms with Crippen LogP contribution >= 0.6 is 0 Å². The van der Waals surface area contributed by atoms with Crippen LogP contribution in [0.15, 0.2) is 42.5 Å². The number of hydrogen-bond donors (Lipinski definition) is 3. The van der Waals surface area contributed by atoms with E-state index in [9.17, 15) is 14.3 Å². The van der Waals surface area contributed by atoms with Gasteiger partial charge in [0.05, 0.1) is 5.56 Å². The fourth-order valence-corrected chi connectivity index (χ4v) is 4.54. The number of carbonyl (C=O) groups excluding carboxylic acids is 1. The molecule has 0 bridgehead atoms. The highest BCUT2D eigenvalue weighted by Gasteiger charge is 2.20. The second-order valence-electron chi connectivity index (χ2n) is 9.17. The first-order valence-corrected chi connectivity index (χ1v) is 12.5. The SMILES string of the molecule is O=C(Nc1ccc(Nc2nc(N3CCCCC3)nc(N3CCCCC3)n2)cc1)c1ccc(F)cc1O. The maximum Gasteiger partial charge on any atom is 0.259 e. The van der Waals surface area contributed by atoms with Gasteiger partial charge in [-0.15, -0.1) is 0 Å². The number of anilines is 5. The molecule has 1 amide bonds. The zero-order valence-corrected chi connectivity index (χ0v) is 20.1. The minimum absolute atomic E-state index is 0.000675. The van der Waals surface area contributed by atoms with Gasteiger partial charge in [0, 0.05) is 43.6 Å². The van der Waals surface area contributed by atoms with Gasteiger partial charge in [0.1, 0.15) is 11.6 Å². The van der Waals surface area contributed by atoms with Crippen molar-refractivity contribution in [3.8, 4) is 5.75 Å². The third kappa shape index (κ3) is 5.64. The van der Waals surface area contributed by atoms with Crippen molar-refractivity contribution in [1.29, 1.82) is 0 Å². The fourth-order valence-electron chi connectivity index (χ4n) is 4.54. The summed E-state index contributed by atoms with van der Waals surface area (Å²) in [6.07, 6.45) is 7.00. The van der Waals surface area contributed by atoms with Crippen molar-refractivity contribution in [2.75, 3.05) is 46.6 Å². The molecule has 36 heavy (non-hydrogen) atoms. The lowest BCUT2D eigenvalue weighted by molar-refractivity contribution is 0.102. The summed E-state index contributed by atoms with van der Waals surface area (Å²) in [6.45, 7) is 3.78. The number of nitrogens with zero attached hydrogens (tertiary/aromatic N) is 5. The van der Waals surface area contributed by atoms with Crippen molar-refractivity contribution in [2.24, 2.45) is 0 Å². The van der Waals surface area contributed by atoms with E-state index >= 15 is 0 Å². The van der Waals surface area contributed by atoms with Gasteiger partial charge in [-0.2, -0.15) is 15.0 Å². The molecule has 2 fully saturated rings. The highest BCUT2D eigenvalue weighted by Crippen LogP contribution is 2.25. The summed E-state index contributed by atoms with van der Waals surface area (Å²) in [4.78, 5) is 31.1. The molecule has 0 spiro atoms. The van der Waals surface area contributed by atoms with Gasteiger partial charge in [-0.05, 0) is 74.9 Å². The molecule has 2 saturated heterocycles. The van der Waals surface area contributed by atoms with Crippen LogP contribution in [0.2, 0.25) is 0 Å². The first-order valence-electron chi connectivity index (χ1n) is 12.5. The number of amides is 1. The normalized spacial score (nSPS) is 16.0. The number of piperidine rings is 2. The number of rotatable bonds is 6. The van der Waals surface area contributed by atoms with Crippen LogP contribution < -0.4 is 20.4 Å². The Labute approximate surface area is 209 Å². The molecule has 0 radical (unpaired) electrons. The Morgan fingerprint density at radius 2 is 1.33 bits per heavy atom. The molecule has 5 rings (SSSR count). The summed E-state index contributed by atoms with van der Waals surface area (Å²) < 4.78 is 13.2. The Bertz CT molecular complexity index is 1170. The quantitative estimate of drug-likeness (QED) is 0.456. The van der Waals surface area contributed by atoms with Gasteiger partial charge < -0.3 is 25.5 Å². The van der Waals surface area contributed by atoms with E-state index in [1.54, 1.807) is 12.1 Å². The standard InChI is InChI=1S/C26H30FN7O2/c27-18-7-12-21(22(35)17-18)23(36)28-19-8-10-20(11-9-19)29-24-30-25(33-13-3-1-4-14-33)32-26(31-24)34-15-5-2-6-16-34/h7-12,17,35H,1-6,13-16H2,(H,28,36)(H,29,30,31,32). The predicted octanol–water partition coefficient (Wildman–Crippen LogP) is 4.69. The second kappa shape index (κ2) is 10.8. The van der Waals surface area contributed by atoms with Crippen LogP contribution in [0.4, 0.5) is 33.6 Å². The molecule has 0 saturated carbocycles. The average Bonchev–Trinajstić information content (AvgIpc) is 2.90. The minimum Gasteiger partial charge on any atom is -0.507 e. The van der Waals surface area contributed by atoms with E-state index in [0.29, 0.717) is 23.5 Å². The Balaban J connectivity index is 1.32. The number of aromatic hydroxyl groups is 1. The number of aromatic nitrogens is 3. The van der Waals surface area contributed by atoms with Crippen LogP contribution in [0.3, 0.4) is 0 Å². The molecule has 9 nitrogen and oxygen atoms in total. The minimum atomic E-state index is -0.607. The third-order valence-corrected chi connectivity index (χ3v) is 6.49. The van der Waals surface area contributed by atoms with E-state index in [4.69, 9.17) is 15.0 Å². The zero-order chi connectivity index (χ0) is 24.9. The van der Waals surface area contributed by atoms with E-state index in [0.717, 1.165) is 69.7 Å². The van der Waals surface area contributed by atoms with Gasteiger partial charge in [0.15, 0.2) is 0 Å². The summed E-state index contributed by atoms with van der Waals surface area (Å²) >= 11 is 0. The Morgan fingerprint density at radius 3 is 1.89 bits per heavy atom. The molecular formula is C26H30FN7O2.